The lowest BCUT2D eigenvalue weighted by Crippen LogP contribution is -1.81. The molecule has 0 fully saturated rings. The van der Waals surface area contributed by atoms with Gasteiger partial charge in [-0.1, -0.05) is 27.5 Å². The number of halogens is 2. The average Bonchev–Trinajstić information content (AvgIpc) is 2.56. The van der Waals surface area contributed by atoms with Gasteiger partial charge in [0, 0.05) is 21.1 Å². The van der Waals surface area contributed by atoms with Crippen LogP contribution < -0.4 is 5.73 Å². The molecule has 0 radical (unpaired) electrons. The molecule has 2 rings (SSSR count). The summed E-state index contributed by atoms with van der Waals surface area (Å²) in [6.07, 6.45) is 0. The van der Waals surface area contributed by atoms with Gasteiger partial charge in [0.25, 0.3) is 0 Å². The largest absolute Gasteiger partial charge is 0.382 e. The van der Waals surface area contributed by atoms with Gasteiger partial charge in [0.2, 0.25) is 0 Å². The van der Waals surface area contributed by atoms with Crippen molar-refractivity contribution in [1.29, 1.82) is 0 Å². The predicted molar refractivity (Wildman–Crippen MR) is 61.1 cm³/mol. The fraction of sp³-hybridized carbons (Fsp3) is 0. The molecule has 0 atom stereocenters. The number of anilines is 1. The molecule has 0 aliphatic heterocycles. The summed E-state index contributed by atoms with van der Waals surface area (Å²) in [5.41, 5.74) is 7.30. The highest BCUT2D eigenvalue weighted by molar-refractivity contribution is 9.10. The second-order valence-corrected chi connectivity index (χ2v) is 4.12. The predicted octanol–water partition coefficient (Wildman–Crippen LogP) is 3.07. The van der Waals surface area contributed by atoms with Crippen LogP contribution in [0.2, 0.25) is 5.02 Å². The van der Waals surface area contributed by atoms with Gasteiger partial charge in [0.05, 0.1) is 5.69 Å². The third-order valence-electron chi connectivity index (χ3n) is 1.82. The second-order valence-electron chi connectivity index (χ2n) is 2.83. The number of nitrogens with one attached hydrogen (secondary N) is 1. The van der Waals surface area contributed by atoms with E-state index in [1.807, 2.05) is 18.2 Å². The zero-order valence-electron chi connectivity index (χ0n) is 7.09. The summed E-state index contributed by atoms with van der Waals surface area (Å²) in [6, 6.07) is 7.30. The molecule has 1 aromatic carbocycles. The minimum Gasteiger partial charge on any atom is -0.382 e. The topological polar surface area (TPSA) is 54.7 Å². The molecular formula is C9H7BrClN3. The van der Waals surface area contributed by atoms with Gasteiger partial charge >= 0.3 is 0 Å². The number of H-pyrrole nitrogens is 1. The van der Waals surface area contributed by atoms with Crippen molar-refractivity contribution in [3.8, 4) is 11.3 Å². The van der Waals surface area contributed by atoms with Crippen LogP contribution in [0.5, 0.6) is 0 Å². The average molecular weight is 273 g/mol. The van der Waals surface area contributed by atoms with Gasteiger partial charge in [-0.15, -0.1) is 0 Å². The Balaban J connectivity index is 2.55. The van der Waals surface area contributed by atoms with Crippen LogP contribution in [0.1, 0.15) is 0 Å². The minimum atomic E-state index is 0.465. The fourth-order valence-electron chi connectivity index (χ4n) is 1.18. The number of nitrogens with zero attached hydrogens (tertiary/aromatic N) is 1. The quantitative estimate of drug-likeness (QED) is 0.838. The van der Waals surface area contributed by atoms with Crippen molar-refractivity contribution in [2.24, 2.45) is 0 Å². The van der Waals surface area contributed by atoms with Crippen LogP contribution in [0.25, 0.3) is 11.3 Å². The Hall–Kier alpha value is -1.00. The van der Waals surface area contributed by atoms with Crippen molar-refractivity contribution < 1.29 is 0 Å². The molecule has 0 aliphatic rings. The summed E-state index contributed by atoms with van der Waals surface area (Å²) in [5, 5.41) is 7.36. The van der Waals surface area contributed by atoms with E-state index in [1.165, 1.54) is 0 Å². The smallest absolute Gasteiger partial charge is 0.145 e. The van der Waals surface area contributed by atoms with E-state index in [9.17, 15) is 0 Å². The maximum atomic E-state index is 5.89. The molecule has 0 unspecified atom stereocenters. The Morgan fingerprint density at radius 2 is 2.14 bits per heavy atom. The Morgan fingerprint density at radius 1 is 1.36 bits per heavy atom. The molecule has 72 valence electrons. The summed E-state index contributed by atoms with van der Waals surface area (Å²) in [7, 11) is 0. The van der Waals surface area contributed by atoms with Crippen molar-refractivity contribution in [3.05, 3.63) is 33.8 Å². The molecule has 0 saturated heterocycles. The molecule has 2 aromatic rings. The SMILES string of the molecule is Nc1cc(-c2cc(Cl)ccc2Br)[nH]n1. The first kappa shape index (κ1) is 9.55. The molecule has 1 heterocycles. The van der Waals surface area contributed by atoms with E-state index in [0.717, 1.165) is 15.7 Å². The number of hydrogen-bond acceptors (Lipinski definition) is 2. The molecule has 5 heteroatoms. The third kappa shape index (κ3) is 1.76. The van der Waals surface area contributed by atoms with Gasteiger partial charge in [-0.25, -0.2) is 0 Å². The van der Waals surface area contributed by atoms with Crippen LogP contribution in [0, 0.1) is 0 Å². The van der Waals surface area contributed by atoms with E-state index in [1.54, 1.807) is 6.07 Å². The van der Waals surface area contributed by atoms with Crippen molar-refractivity contribution in [3.63, 3.8) is 0 Å². The van der Waals surface area contributed by atoms with Gasteiger partial charge in [-0.3, -0.25) is 5.10 Å². The van der Waals surface area contributed by atoms with E-state index in [-0.39, 0.29) is 0 Å². The lowest BCUT2D eigenvalue weighted by Gasteiger charge is -2.01. The highest BCUT2D eigenvalue weighted by atomic mass is 79.9. The Labute approximate surface area is 94.4 Å². The Bertz CT molecular complexity index is 467. The standard InChI is InChI=1S/C9H7BrClN3/c10-7-2-1-5(11)3-6(7)8-4-9(12)14-13-8/h1-4H,(H3,12,13,14). The van der Waals surface area contributed by atoms with Crippen molar-refractivity contribution >= 4 is 33.3 Å². The zero-order chi connectivity index (χ0) is 10.1. The summed E-state index contributed by atoms with van der Waals surface area (Å²) in [4.78, 5) is 0. The number of hydrogen-bond donors (Lipinski definition) is 2. The minimum absolute atomic E-state index is 0.465. The van der Waals surface area contributed by atoms with E-state index in [4.69, 9.17) is 17.3 Å². The van der Waals surface area contributed by atoms with E-state index < -0.39 is 0 Å². The van der Waals surface area contributed by atoms with E-state index in [0.29, 0.717) is 10.8 Å². The van der Waals surface area contributed by atoms with Crippen LogP contribution >= 0.6 is 27.5 Å². The monoisotopic (exact) mass is 271 g/mol. The molecule has 0 saturated carbocycles. The van der Waals surface area contributed by atoms with E-state index in [2.05, 4.69) is 26.1 Å². The summed E-state index contributed by atoms with van der Waals surface area (Å²) in [5.74, 6) is 0.465. The first-order valence-electron chi connectivity index (χ1n) is 3.93. The second kappa shape index (κ2) is 3.63. The zero-order valence-corrected chi connectivity index (χ0v) is 9.43. The summed E-state index contributed by atoms with van der Waals surface area (Å²) < 4.78 is 0.950. The van der Waals surface area contributed by atoms with Crippen LogP contribution in [-0.2, 0) is 0 Å². The van der Waals surface area contributed by atoms with Gasteiger partial charge in [0.1, 0.15) is 5.82 Å². The van der Waals surface area contributed by atoms with Gasteiger partial charge in [-0.05, 0) is 18.2 Å². The number of rotatable bonds is 1. The first-order chi connectivity index (χ1) is 6.66. The van der Waals surface area contributed by atoms with E-state index >= 15 is 0 Å². The molecule has 0 amide bonds. The number of aromatic amines is 1. The number of nitrogens with two attached hydrogens (primary N) is 1. The molecule has 1 aromatic heterocycles. The molecular weight excluding hydrogens is 265 g/mol. The Kier molecular flexibility index (Phi) is 2.48. The lowest BCUT2D eigenvalue weighted by molar-refractivity contribution is 1.10. The molecule has 3 nitrogen and oxygen atoms in total. The lowest BCUT2D eigenvalue weighted by atomic mass is 10.1. The number of nitrogen functional groups attached to an aromatic ring is 1. The molecule has 0 spiro atoms. The molecule has 0 aliphatic carbocycles. The summed E-state index contributed by atoms with van der Waals surface area (Å²) >= 11 is 9.32. The van der Waals surface area contributed by atoms with Crippen LogP contribution in [0.4, 0.5) is 5.82 Å². The van der Waals surface area contributed by atoms with Gasteiger partial charge < -0.3 is 5.73 Å². The van der Waals surface area contributed by atoms with Crippen LogP contribution in [0.3, 0.4) is 0 Å². The van der Waals surface area contributed by atoms with Crippen molar-refractivity contribution in [1.82, 2.24) is 10.2 Å². The van der Waals surface area contributed by atoms with Gasteiger partial charge in [-0.2, -0.15) is 5.10 Å². The summed E-state index contributed by atoms with van der Waals surface area (Å²) in [6.45, 7) is 0. The highest BCUT2D eigenvalue weighted by Gasteiger charge is 2.06. The normalized spacial score (nSPS) is 10.4. The maximum Gasteiger partial charge on any atom is 0.145 e. The maximum absolute atomic E-state index is 5.89. The van der Waals surface area contributed by atoms with Crippen molar-refractivity contribution in [2.75, 3.05) is 5.73 Å². The number of benzene rings is 1. The Morgan fingerprint density at radius 3 is 2.79 bits per heavy atom. The fourth-order valence-corrected chi connectivity index (χ4v) is 1.81. The van der Waals surface area contributed by atoms with Crippen LogP contribution in [-0.4, -0.2) is 10.2 Å². The molecule has 0 bridgehead atoms. The first-order valence-corrected chi connectivity index (χ1v) is 5.10. The van der Waals surface area contributed by atoms with Crippen molar-refractivity contribution in [2.45, 2.75) is 0 Å². The van der Waals surface area contributed by atoms with Gasteiger partial charge in [0.15, 0.2) is 0 Å². The molecule has 3 N–H and O–H groups in total. The molecule has 14 heavy (non-hydrogen) atoms. The highest BCUT2D eigenvalue weighted by Crippen LogP contribution is 2.30. The number of aromatic nitrogens is 2. The van der Waals surface area contributed by atoms with Crippen LogP contribution in [0.15, 0.2) is 28.7 Å². The third-order valence-corrected chi connectivity index (χ3v) is 2.74.